The van der Waals surface area contributed by atoms with Gasteiger partial charge in [-0.05, 0) is 29.5 Å². The Balaban J connectivity index is 3.10. The van der Waals surface area contributed by atoms with Crippen LogP contribution in [-0.4, -0.2) is 4.98 Å². The normalized spacial score (nSPS) is 11.4. The van der Waals surface area contributed by atoms with Gasteiger partial charge in [-0.15, -0.1) is 0 Å². The summed E-state index contributed by atoms with van der Waals surface area (Å²) in [6, 6.07) is 4.15. The first kappa shape index (κ1) is 11.0. The van der Waals surface area contributed by atoms with Gasteiger partial charge in [0.1, 0.15) is 0 Å². The SMILES string of the molecule is C=Cc1ncccc1C(C)(C)CCC. The Kier molecular flexibility index (Phi) is 3.45. The van der Waals surface area contributed by atoms with E-state index in [1.807, 2.05) is 18.3 Å². The van der Waals surface area contributed by atoms with Gasteiger partial charge in [-0.1, -0.05) is 39.8 Å². The van der Waals surface area contributed by atoms with Gasteiger partial charge in [-0.2, -0.15) is 0 Å². The Labute approximate surface area is 86.9 Å². The van der Waals surface area contributed by atoms with Crippen molar-refractivity contribution in [3.05, 3.63) is 36.2 Å². The van der Waals surface area contributed by atoms with Crippen molar-refractivity contribution in [3.63, 3.8) is 0 Å². The zero-order chi connectivity index (χ0) is 10.6. The summed E-state index contributed by atoms with van der Waals surface area (Å²) in [6.45, 7) is 10.5. The quantitative estimate of drug-likeness (QED) is 0.702. The molecule has 0 atom stereocenters. The number of hydrogen-bond donors (Lipinski definition) is 0. The third kappa shape index (κ3) is 2.22. The first-order valence-electron chi connectivity index (χ1n) is 5.19. The molecule has 1 rings (SSSR count). The van der Waals surface area contributed by atoms with Crippen molar-refractivity contribution in [1.29, 1.82) is 0 Å². The highest BCUT2D eigenvalue weighted by Gasteiger charge is 2.21. The molecule has 1 nitrogen and oxygen atoms in total. The van der Waals surface area contributed by atoms with Gasteiger partial charge in [0.15, 0.2) is 0 Å². The Morgan fingerprint density at radius 3 is 2.79 bits per heavy atom. The maximum Gasteiger partial charge on any atom is 0.0661 e. The summed E-state index contributed by atoms with van der Waals surface area (Å²) in [6.07, 6.45) is 6.04. The largest absolute Gasteiger partial charge is 0.257 e. The minimum Gasteiger partial charge on any atom is -0.257 e. The van der Waals surface area contributed by atoms with Crippen LogP contribution >= 0.6 is 0 Å². The Morgan fingerprint density at radius 1 is 1.50 bits per heavy atom. The topological polar surface area (TPSA) is 12.9 Å². The van der Waals surface area contributed by atoms with E-state index in [1.165, 1.54) is 18.4 Å². The number of aromatic nitrogens is 1. The molecule has 1 aromatic heterocycles. The van der Waals surface area contributed by atoms with Crippen LogP contribution in [0.5, 0.6) is 0 Å². The smallest absolute Gasteiger partial charge is 0.0661 e. The summed E-state index contributed by atoms with van der Waals surface area (Å²) in [5.41, 5.74) is 2.52. The summed E-state index contributed by atoms with van der Waals surface area (Å²) < 4.78 is 0. The monoisotopic (exact) mass is 189 g/mol. The van der Waals surface area contributed by atoms with Gasteiger partial charge in [-0.25, -0.2) is 0 Å². The van der Waals surface area contributed by atoms with Crippen LogP contribution in [0.2, 0.25) is 0 Å². The van der Waals surface area contributed by atoms with Crippen LogP contribution in [0.3, 0.4) is 0 Å². The van der Waals surface area contributed by atoms with E-state index < -0.39 is 0 Å². The van der Waals surface area contributed by atoms with Crippen molar-refractivity contribution >= 4 is 6.08 Å². The molecule has 1 heterocycles. The third-order valence-corrected chi connectivity index (χ3v) is 2.64. The van der Waals surface area contributed by atoms with Crippen LogP contribution in [-0.2, 0) is 5.41 Å². The zero-order valence-corrected chi connectivity index (χ0v) is 9.38. The van der Waals surface area contributed by atoms with Crippen LogP contribution in [0.4, 0.5) is 0 Å². The van der Waals surface area contributed by atoms with E-state index in [1.54, 1.807) is 0 Å². The minimum absolute atomic E-state index is 0.201. The first-order valence-corrected chi connectivity index (χ1v) is 5.19. The van der Waals surface area contributed by atoms with Gasteiger partial charge in [0.05, 0.1) is 5.69 Å². The maximum absolute atomic E-state index is 4.33. The van der Waals surface area contributed by atoms with Crippen LogP contribution in [0.15, 0.2) is 24.9 Å². The second-order valence-electron chi connectivity index (χ2n) is 4.27. The number of nitrogens with zero attached hydrogens (tertiary/aromatic N) is 1. The Hall–Kier alpha value is -1.11. The summed E-state index contributed by atoms with van der Waals surface area (Å²) >= 11 is 0. The highest BCUT2D eigenvalue weighted by atomic mass is 14.7. The van der Waals surface area contributed by atoms with Crippen molar-refractivity contribution < 1.29 is 0 Å². The fraction of sp³-hybridized carbons (Fsp3) is 0.462. The maximum atomic E-state index is 4.33. The van der Waals surface area contributed by atoms with Gasteiger partial charge in [-0.3, -0.25) is 4.98 Å². The van der Waals surface area contributed by atoms with Crippen molar-refractivity contribution in [3.8, 4) is 0 Å². The third-order valence-electron chi connectivity index (χ3n) is 2.64. The zero-order valence-electron chi connectivity index (χ0n) is 9.38. The molecule has 0 aliphatic carbocycles. The van der Waals surface area contributed by atoms with Crippen LogP contribution in [0.1, 0.15) is 44.9 Å². The molecular formula is C13H19N. The van der Waals surface area contributed by atoms with Crippen molar-refractivity contribution in [2.45, 2.75) is 39.0 Å². The number of hydrogen-bond acceptors (Lipinski definition) is 1. The van der Waals surface area contributed by atoms with Gasteiger partial charge in [0, 0.05) is 6.20 Å². The second-order valence-corrected chi connectivity index (χ2v) is 4.27. The van der Waals surface area contributed by atoms with E-state index in [-0.39, 0.29) is 5.41 Å². The van der Waals surface area contributed by atoms with Gasteiger partial charge in [0.2, 0.25) is 0 Å². The van der Waals surface area contributed by atoms with E-state index in [0.717, 1.165) is 5.69 Å². The molecule has 0 aliphatic heterocycles. The number of rotatable bonds is 4. The molecule has 0 saturated carbocycles. The molecule has 0 bridgehead atoms. The molecular weight excluding hydrogens is 170 g/mol. The van der Waals surface area contributed by atoms with Crippen LogP contribution in [0.25, 0.3) is 6.08 Å². The predicted octanol–water partition coefficient (Wildman–Crippen LogP) is 3.80. The fourth-order valence-electron chi connectivity index (χ4n) is 1.91. The standard InChI is InChI=1S/C13H19N/c1-5-9-13(3,4)11-8-7-10-14-12(11)6-2/h6-8,10H,2,5,9H2,1,3-4H3. The summed E-state index contributed by atoms with van der Waals surface area (Å²) in [5, 5.41) is 0. The lowest BCUT2D eigenvalue weighted by Gasteiger charge is -2.25. The summed E-state index contributed by atoms with van der Waals surface area (Å²) in [4.78, 5) is 4.33. The predicted molar refractivity (Wildman–Crippen MR) is 62.3 cm³/mol. The number of pyridine rings is 1. The van der Waals surface area contributed by atoms with Crippen molar-refractivity contribution in [2.24, 2.45) is 0 Å². The minimum atomic E-state index is 0.201. The Morgan fingerprint density at radius 2 is 2.21 bits per heavy atom. The fourth-order valence-corrected chi connectivity index (χ4v) is 1.91. The molecule has 14 heavy (non-hydrogen) atoms. The van der Waals surface area contributed by atoms with Crippen LogP contribution < -0.4 is 0 Å². The van der Waals surface area contributed by atoms with Crippen molar-refractivity contribution in [1.82, 2.24) is 4.98 Å². The molecule has 0 radical (unpaired) electrons. The molecule has 0 spiro atoms. The molecule has 0 aliphatic rings. The summed E-state index contributed by atoms with van der Waals surface area (Å²) in [5.74, 6) is 0. The molecule has 0 N–H and O–H groups in total. The van der Waals surface area contributed by atoms with Gasteiger partial charge >= 0.3 is 0 Å². The van der Waals surface area contributed by atoms with Gasteiger partial charge < -0.3 is 0 Å². The van der Waals surface area contributed by atoms with Crippen molar-refractivity contribution in [2.75, 3.05) is 0 Å². The van der Waals surface area contributed by atoms with E-state index in [2.05, 4.69) is 38.4 Å². The molecule has 0 saturated heterocycles. The average Bonchev–Trinajstić information content (AvgIpc) is 2.18. The van der Waals surface area contributed by atoms with Gasteiger partial charge in [0.25, 0.3) is 0 Å². The molecule has 0 aromatic carbocycles. The lowest BCUT2D eigenvalue weighted by molar-refractivity contribution is 0.471. The molecule has 0 fully saturated rings. The Bertz CT molecular complexity index is 313. The molecule has 1 heteroatoms. The lowest BCUT2D eigenvalue weighted by Crippen LogP contribution is -2.18. The summed E-state index contributed by atoms with van der Waals surface area (Å²) in [7, 11) is 0. The van der Waals surface area contributed by atoms with E-state index in [9.17, 15) is 0 Å². The van der Waals surface area contributed by atoms with E-state index in [4.69, 9.17) is 0 Å². The molecule has 1 aromatic rings. The molecule has 0 amide bonds. The highest BCUT2D eigenvalue weighted by molar-refractivity contribution is 5.49. The second kappa shape index (κ2) is 4.41. The van der Waals surface area contributed by atoms with E-state index in [0.29, 0.717) is 0 Å². The molecule has 76 valence electrons. The van der Waals surface area contributed by atoms with E-state index >= 15 is 0 Å². The highest BCUT2D eigenvalue weighted by Crippen LogP contribution is 2.30. The average molecular weight is 189 g/mol. The molecule has 0 unspecified atom stereocenters. The first-order chi connectivity index (χ1) is 6.61. The van der Waals surface area contributed by atoms with Crippen LogP contribution in [0, 0.1) is 0 Å². The lowest BCUT2D eigenvalue weighted by atomic mass is 9.80.